The Hall–Kier alpha value is -3.47. The summed E-state index contributed by atoms with van der Waals surface area (Å²) >= 11 is 0. The number of carbonyl (C=O) groups is 1. The van der Waals surface area contributed by atoms with E-state index in [0.29, 0.717) is 24.2 Å². The molecule has 0 N–H and O–H groups in total. The number of carbonyl (C=O) groups excluding carboxylic acids is 1. The lowest BCUT2D eigenvalue weighted by Crippen LogP contribution is -2.34. The molecule has 1 fully saturated rings. The van der Waals surface area contributed by atoms with Crippen molar-refractivity contribution in [3.8, 4) is 12.1 Å². The molecule has 126 valence electrons. The van der Waals surface area contributed by atoms with Crippen LogP contribution in [-0.4, -0.2) is 30.8 Å². The minimum atomic E-state index is 0.0387. The lowest BCUT2D eigenvalue weighted by molar-refractivity contribution is -0.113. The van der Waals surface area contributed by atoms with Crippen LogP contribution in [0.5, 0.6) is 0 Å². The molecule has 4 nitrogen and oxygen atoms in total. The zero-order valence-corrected chi connectivity index (χ0v) is 14.4. The topological polar surface area (TPSA) is 67.9 Å². The Labute approximate surface area is 152 Å². The van der Waals surface area contributed by atoms with Gasteiger partial charge in [-0.05, 0) is 54.6 Å². The molecule has 0 spiro atoms. The maximum absolute atomic E-state index is 12.9. The van der Waals surface area contributed by atoms with Crippen LogP contribution < -0.4 is 0 Å². The fourth-order valence-corrected chi connectivity index (χ4v) is 2.92. The second kappa shape index (κ2) is 7.61. The Balaban J connectivity index is 1.89. The van der Waals surface area contributed by atoms with Crippen LogP contribution in [0.25, 0.3) is 12.2 Å². The molecule has 26 heavy (non-hydrogen) atoms. The van der Waals surface area contributed by atoms with Gasteiger partial charge in [-0.2, -0.15) is 10.5 Å². The SMILES string of the molecule is CN1C/C(=C/c2ccc(C#N)cc2)C(=O)/C(=C/c2ccc(C#N)cc2)C1. The van der Waals surface area contributed by atoms with E-state index in [1.165, 1.54) is 0 Å². The molecule has 2 aromatic carbocycles. The van der Waals surface area contributed by atoms with E-state index >= 15 is 0 Å². The van der Waals surface area contributed by atoms with Gasteiger partial charge in [0.15, 0.2) is 5.78 Å². The van der Waals surface area contributed by atoms with Crippen molar-refractivity contribution in [3.63, 3.8) is 0 Å². The summed E-state index contributed by atoms with van der Waals surface area (Å²) in [6, 6.07) is 18.5. The Morgan fingerprint density at radius 2 is 1.19 bits per heavy atom. The van der Waals surface area contributed by atoms with E-state index in [4.69, 9.17) is 10.5 Å². The first kappa shape index (κ1) is 17.4. The molecule has 0 aliphatic carbocycles. The van der Waals surface area contributed by atoms with Crippen molar-refractivity contribution >= 4 is 17.9 Å². The minimum Gasteiger partial charge on any atom is -0.298 e. The Morgan fingerprint density at radius 1 is 0.808 bits per heavy atom. The number of rotatable bonds is 2. The summed E-state index contributed by atoms with van der Waals surface area (Å²) in [7, 11) is 1.98. The van der Waals surface area contributed by atoms with Crippen LogP contribution in [-0.2, 0) is 4.79 Å². The molecular weight excluding hydrogens is 322 g/mol. The van der Waals surface area contributed by atoms with Crippen LogP contribution in [0.2, 0.25) is 0 Å². The fraction of sp³-hybridized carbons (Fsp3) is 0.136. The molecule has 2 aromatic rings. The van der Waals surface area contributed by atoms with Crippen molar-refractivity contribution in [3.05, 3.63) is 81.9 Å². The smallest absolute Gasteiger partial charge is 0.187 e. The van der Waals surface area contributed by atoms with Gasteiger partial charge < -0.3 is 0 Å². The molecule has 0 saturated carbocycles. The standard InChI is InChI=1S/C22H17N3O/c1-25-14-20(10-16-2-6-18(12-23)7-3-16)22(26)21(15-25)11-17-4-8-19(13-24)9-5-17/h2-11H,14-15H2,1H3/b20-10-,21-11+. The van der Waals surface area contributed by atoms with Crippen molar-refractivity contribution in [2.24, 2.45) is 0 Å². The number of likely N-dealkylation sites (tertiary alicyclic amines) is 1. The first-order chi connectivity index (χ1) is 12.6. The fourth-order valence-electron chi connectivity index (χ4n) is 2.92. The highest BCUT2D eigenvalue weighted by Crippen LogP contribution is 2.21. The third-order valence-electron chi connectivity index (χ3n) is 4.23. The number of nitriles is 2. The van der Waals surface area contributed by atoms with E-state index < -0.39 is 0 Å². The predicted octanol–water partition coefficient (Wildman–Crippen LogP) is 3.41. The van der Waals surface area contributed by atoms with Crippen LogP contribution in [0.15, 0.2) is 59.7 Å². The van der Waals surface area contributed by atoms with Gasteiger partial charge in [0.2, 0.25) is 0 Å². The molecular formula is C22H17N3O. The summed E-state index contributed by atoms with van der Waals surface area (Å²) < 4.78 is 0. The van der Waals surface area contributed by atoms with Gasteiger partial charge in [0.1, 0.15) is 0 Å². The van der Waals surface area contributed by atoms with Crippen LogP contribution in [0.4, 0.5) is 0 Å². The summed E-state index contributed by atoms with van der Waals surface area (Å²) in [5.41, 5.74) is 4.45. The number of likely N-dealkylation sites (N-methyl/N-ethyl adjacent to an activating group) is 1. The Kier molecular flexibility index (Phi) is 5.08. The lowest BCUT2D eigenvalue weighted by atomic mass is 9.94. The first-order valence-corrected chi connectivity index (χ1v) is 8.24. The zero-order chi connectivity index (χ0) is 18.5. The van der Waals surface area contributed by atoms with E-state index in [9.17, 15) is 4.79 Å². The summed E-state index contributed by atoms with van der Waals surface area (Å²) in [4.78, 5) is 14.9. The van der Waals surface area contributed by atoms with Crippen molar-refractivity contribution < 1.29 is 4.79 Å². The van der Waals surface area contributed by atoms with Crippen molar-refractivity contribution in [2.45, 2.75) is 0 Å². The number of Topliss-reactive ketones (excluding diaryl/α,β-unsaturated/α-hetero) is 1. The van der Waals surface area contributed by atoms with E-state index in [2.05, 4.69) is 17.0 Å². The van der Waals surface area contributed by atoms with Gasteiger partial charge in [-0.25, -0.2) is 0 Å². The van der Waals surface area contributed by atoms with E-state index in [0.717, 1.165) is 22.3 Å². The molecule has 1 heterocycles. The quantitative estimate of drug-likeness (QED) is 0.786. The van der Waals surface area contributed by atoms with Crippen molar-refractivity contribution in [1.29, 1.82) is 10.5 Å². The van der Waals surface area contributed by atoms with Crippen LogP contribution in [0.1, 0.15) is 22.3 Å². The van der Waals surface area contributed by atoms with Crippen LogP contribution in [0, 0.1) is 22.7 Å². The molecule has 4 heteroatoms. The lowest BCUT2D eigenvalue weighted by Gasteiger charge is -2.26. The number of ketones is 1. The summed E-state index contributed by atoms with van der Waals surface area (Å²) in [5, 5.41) is 17.8. The molecule has 0 bridgehead atoms. The average molecular weight is 339 g/mol. The Bertz CT molecular complexity index is 889. The molecule has 0 aromatic heterocycles. The van der Waals surface area contributed by atoms with Gasteiger partial charge in [0.05, 0.1) is 23.3 Å². The summed E-state index contributed by atoms with van der Waals surface area (Å²) in [5.74, 6) is 0.0387. The number of nitrogens with zero attached hydrogens (tertiary/aromatic N) is 3. The second-order valence-corrected chi connectivity index (χ2v) is 6.31. The van der Waals surface area contributed by atoms with Gasteiger partial charge in [-0.15, -0.1) is 0 Å². The van der Waals surface area contributed by atoms with Crippen molar-refractivity contribution in [1.82, 2.24) is 4.90 Å². The van der Waals surface area contributed by atoms with E-state index in [-0.39, 0.29) is 5.78 Å². The van der Waals surface area contributed by atoms with Crippen LogP contribution in [0.3, 0.4) is 0 Å². The molecule has 1 saturated heterocycles. The average Bonchev–Trinajstić information content (AvgIpc) is 2.66. The monoisotopic (exact) mass is 339 g/mol. The van der Waals surface area contributed by atoms with Gasteiger partial charge in [-0.1, -0.05) is 24.3 Å². The van der Waals surface area contributed by atoms with Gasteiger partial charge >= 0.3 is 0 Å². The number of benzene rings is 2. The summed E-state index contributed by atoms with van der Waals surface area (Å²) in [6.07, 6.45) is 3.76. The van der Waals surface area contributed by atoms with Crippen molar-refractivity contribution in [2.75, 3.05) is 20.1 Å². The highest BCUT2D eigenvalue weighted by molar-refractivity contribution is 6.14. The molecule has 0 unspecified atom stereocenters. The molecule has 3 rings (SSSR count). The maximum atomic E-state index is 12.9. The third-order valence-corrected chi connectivity index (χ3v) is 4.23. The molecule has 0 atom stereocenters. The number of hydrogen-bond donors (Lipinski definition) is 0. The minimum absolute atomic E-state index is 0.0387. The van der Waals surface area contributed by atoms with E-state index in [1.54, 1.807) is 24.3 Å². The molecule has 0 amide bonds. The van der Waals surface area contributed by atoms with Crippen LogP contribution >= 0.6 is 0 Å². The number of hydrogen-bond acceptors (Lipinski definition) is 4. The number of piperidine rings is 1. The first-order valence-electron chi connectivity index (χ1n) is 8.24. The van der Waals surface area contributed by atoms with Gasteiger partial charge in [0, 0.05) is 24.2 Å². The highest BCUT2D eigenvalue weighted by Gasteiger charge is 2.23. The maximum Gasteiger partial charge on any atom is 0.187 e. The largest absolute Gasteiger partial charge is 0.298 e. The second-order valence-electron chi connectivity index (χ2n) is 6.31. The molecule has 1 aliphatic heterocycles. The highest BCUT2D eigenvalue weighted by atomic mass is 16.1. The third kappa shape index (κ3) is 3.95. The van der Waals surface area contributed by atoms with Gasteiger partial charge in [0.25, 0.3) is 0 Å². The molecule has 0 radical (unpaired) electrons. The normalized spacial score (nSPS) is 17.9. The zero-order valence-electron chi connectivity index (χ0n) is 14.4. The predicted molar refractivity (Wildman–Crippen MR) is 101 cm³/mol. The van der Waals surface area contributed by atoms with Gasteiger partial charge in [-0.3, -0.25) is 9.69 Å². The Morgan fingerprint density at radius 3 is 1.54 bits per heavy atom. The summed E-state index contributed by atoms with van der Waals surface area (Å²) in [6.45, 7) is 1.17. The molecule has 1 aliphatic rings. The van der Waals surface area contributed by atoms with E-state index in [1.807, 2.05) is 43.5 Å².